The van der Waals surface area contributed by atoms with Gasteiger partial charge in [0.15, 0.2) is 0 Å². The number of amides is 2. The summed E-state index contributed by atoms with van der Waals surface area (Å²) in [4.78, 5) is 22.2. The van der Waals surface area contributed by atoms with Gasteiger partial charge in [0.05, 0.1) is 4.90 Å². The number of anilines is 1. The molecule has 0 aromatic heterocycles. The van der Waals surface area contributed by atoms with Gasteiger partial charge in [0.2, 0.25) is 10.0 Å². The zero-order valence-electron chi connectivity index (χ0n) is 10.7. The number of urea groups is 1. The van der Waals surface area contributed by atoms with E-state index in [1.807, 2.05) is 0 Å². The molecule has 2 amide bonds. The Bertz CT molecular complexity index is 614. The van der Waals surface area contributed by atoms with Gasteiger partial charge in [-0.1, -0.05) is 13.0 Å². The summed E-state index contributed by atoms with van der Waals surface area (Å²) >= 11 is 0. The summed E-state index contributed by atoms with van der Waals surface area (Å²) in [5, 5.41) is 18.3. The topological polar surface area (TPSA) is 139 Å². The van der Waals surface area contributed by atoms with Gasteiger partial charge in [0, 0.05) is 5.69 Å². The van der Waals surface area contributed by atoms with Gasteiger partial charge in [0.1, 0.15) is 6.04 Å². The molecule has 20 heavy (non-hydrogen) atoms. The van der Waals surface area contributed by atoms with Gasteiger partial charge in [0.25, 0.3) is 0 Å². The van der Waals surface area contributed by atoms with Crippen LogP contribution in [0.1, 0.15) is 13.3 Å². The van der Waals surface area contributed by atoms with Crippen molar-refractivity contribution in [1.29, 1.82) is 0 Å². The maximum atomic E-state index is 11.6. The van der Waals surface area contributed by atoms with Crippen molar-refractivity contribution in [3.05, 3.63) is 24.3 Å². The fourth-order valence-corrected chi connectivity index (χ4v) is 1.97. The Balaban J connectivity index is 2.79. The molecule has 0 radical (unpaired) electrons. The van der Waals surface area contributed by atoms with E-state index in [2.05, 4.69) is 10.6 Å². The smallest absolute Gasteiger partial charge is 0.326 e. The molecule has 0 spiro atoms. The summed E-state index contributed by atoms with van der Waals surface area (Å²) in [7, 11) is -3.87. The van der Waals surface area contributed by atoms with Crippen molar-refractivity contribution in [1.82, 2.24) is 5.32 Å². The summed E-state index contributed by atoms with van der Waals surface area (Å²) in [6.45, 7) is 1.61. The number of carbonyl (C=O) groups is 2. The van der Waals surface area contributed by atoms with E-state index in [0.717, 1.165) is 0 Å². The van der Waals surface area contributed by atoms with E-state index < -0.39 is 28.1 Å². The highest BCUT2D eigenvalue weighted by Gasteiger charge is 2.17. The maximum Gasteiger partial charge on any atom is 0.326 e. The van der Waals surface area contributed by atoms with E-state index in [9.17, 15) is 18.0 Å². The number of hydrogen-bond donors (Lipinski definition) is 4. The van der Waals surface area contributed by atoms with Crippen LogP contribution in [0.5, 0.6) is 0 Å². The first-order chi connectivity index (χ1) is 9.24. The van der Waals surface area contributed by atoms with E-state index in [1.165, 1.54) is 24.3 Å². The highest BCUT2D eigenvalue weighted by atomic mass is 32.2. The highest BCUT2D eigenvalue weighted by molar-refractivity contribution is 7.89. The molecule has 0 heterocycles. The molecule has 1 atom stereocenters. The summed E-state index contributed by atoms with van der Waals surface area (Å²) in [5.74, 6) is -1.15. The molecule has 8 nitrogen and oxygen atoms in total. The van der Waals surface area contributed by atoms with Gasteiger partial charge in [-0.2, -0.15) is 0 Å². The number of rotatable bonds is 5. The molecule has 1 aromatic rings. The number of benzene rings is 1. The summed E-state index contributed by atoms with van der Waals surface area (Å²) in [6.07, 6.45) is 0.222. The third kappa shape index (κ3) is 4.52. The first kappa shape index (κ1) is 15.9. The second-order valence-electron chi connectivity index (χ2n) is 3.97. The van der Waals surface area contributed by atoms with Crippen LogP contribution < -0.4 is 15.8 Å². The number of sulfonamides is 1. The van der Waals surface area contributed by atoms with E-state index in [1.54, 1.807) is 6.92 Å². The number of nitrogens with two attached hydrogens (primary N) is 1. The van der Waals surface area contributed by atoms with Crippen molar-refractivity contribution in [3.63, 3.8) is 0 Å². The second-order valence-corrected chi connectivity index (χ2v) is 5.53. The molecule has 0 saturated carbocycles. The Morgan fingerprint density at radius 3 is 2.55 bits per heavy atom. The monoisotopic (exact) mass is 301 g/mol. The molecular weight excluding hydrogens is 286 g/mol. The SMILES string of the molecule is CCC(NC(=O)Nc1cccc(S(N)(=O)=O)c1)C(=O)O. The zero-order chi connectivity index (χ0) is 15.3. The predicted molar refractivity (Wildman–Crippen MR) is 71.7 cm³/mol. The molecule has 5 N–H and O–H groups in total. The zero-order valence-corrected chi connectivity index (χ0v) is 11.5. The highest BCUT2D eigenvalue weighted by Crippen LogP contribution is 2.13. The van der Waals surface area contributed by atoms with Crippen LogP contribution in [0.4, 0.5) is 10.5 Å². The number of primary sulfonamides is 1. The lowest BCUT2D eigenvalue weighted by Gasteiger charge is -2.13. The van der Waals surface area contributed by atoms with Gasteiger partial charge in [-0.15, -0.1) is 0 Å². The van der Waals surface area contributed by atoms with E-state index >= 15 is 0 Å². The Hall–Kier alpha value is -2.13. The molecule has 1 aromatic carbocycles. The first-order valence-electron chi connectivity index (χ1n) is 5.67. The molecule has 1 rings (SSSR count). The molecule has 9 heteroatoms. The van der Waals surface area contributed by atoms with Gasteiger partial charge in [-0.05, 0) is 24.6 Å². The largest absolute Gasteiger partial charge is 0.480 e. The van der Waals surface area contributed by atoms with Crippen molar-refractivity contribution in [2.45, 2.75) is 24.3 Å². The minimum Gasteiger partial charge on any atom is -0.480 e. The fraction of sp³-hybridized carbons (Fsp3) is 0.273. The van der Waals surface area contributed by atoms with Gasteiger partial charge >= 0.3 is 12.0 Å². The molecule has 0 saturated heterocycles. The van der Waals surface area contributed by atoms with Gasteiger partial charge in [-0.25, -0.2) is 23.1 Å². The predicted octanol–water partition coefficient (Wildman–Crippen LogP) is 0.319. The van der Waals surface area contributed by atoms with Crippen LogP contribution in [0.15, 0.2) is 29.2 Å². The Labute approximate surface area is 116 Å². The van der Waals surface area contributed by atoms with Crippen LogP contribution in [0.25, 0.3) is 0 Å². The van der Waals surface area contributed by atoms with Crippen LogP contribution in [-0.4, -0.2) is 31.6 Å². The Morgan fingerprint density at radius 1 is 1.40 bits per heavy atom. The average Bonchev–Trinajstić information content (AvgIpc) is 2.34. The lowest BCUT2D eigenvalue weighted by atomic mass is 10.2. The van der Waals surface area contributed by atoms with E-state index in [0.29, 0.717) is 0 Å². The minimum atomic E-state index is -3.87. The number of carbonyl (C=O) groups excluding carboxylic acids is 1. The summed E-state index contributed by atoms with van der Waals surface area (Å²) < 4.78 is 22.3. The molecule has 0 aliphatic rings. The van der Waals surface area contributed by atoms with Gasteiger partial charge in [-0.3, -0.25) is 0 Å². The number of hydrogen-bond acceptors (Lipinski definition) is 4. The second kappa shape index (κ2) is 6.35. The van der Waals surface area contributed by atoms with Crippen molar-refractivity contribution in [3.8, 4) is 0 Å². The molecule has 0 aliphatic heterocycles. The third-order valence-corrected chi connectivity index (χ3v) is 3.34. The van der Waals surface area contributed by atoms with Crippen molar-refractivity contribution in [2.24, 2.45) is 5.14 Å². The molecular formula is C11H15N3O5S. The lowest BCUT2D eigenvalue weighted by Crippen LogP contribution is -2.42. The maximum absolute atomic E-state index is 11.6. The molecule has 1 unspecified atom stereocenters. The van der Waals surface area contributed by atoms with Crippen LogP contribution in [0.3, 0.4) is 0 Å². The van der Waals surface area contributed by atoms with Gasteiger partial charge < -0.3 is 15.7 Å². The fourth-order valence-electron chi connectivity index (χ4n) is 1.41. The molecule has 0 aliphatic carbocycles. The van der Waals surface area contributed by atoms with Crippen molar-refractivity contribution in [2.75, 3.05) is 5.32 Å². The van der Waals surface area contributed by atoms with E-state index in [-0.39, 0.29) is 17.0 Å². The third-order valence-electron chi connectivity index (χ3n) is 2.43. The Morgan fingerprint density at radius 2 is 2.05 bits per heavy atom. The summed E-state index contributed by atoms with van der Waals surface area (Å²) in [5.41, 5.74) is 0.189. The van der Waals surface area contributed by atoms with E-state index in [4.69, 9.17) is 10.2 Å². The minimum absolute atomic E-state index is 0.152. The van der Waals surface area contributed by atoms with Crippen molar-refractivity contribution < 1.29 is 23.1 Å². The van der Waals surface area contributed by atoms with Crippen LogP contribution in [0, 0.1) is 0 Å². The quantitative estimate of drug-likeness (QED) is 0.620. The van der Waals surface area contributed by atoms with Crippen LogP contribution >= 0.6 is 0 Å². The van der Waals surface area contributed by atoms with Crippen LogP contribution in [0.2, 0.25) is 0 Å². The first-order valence-corrected chi connectivity index (χ1v) is 7.22. The standard InChI is InChI=1S/C11H15N3O5S/c1-2-9(10(15)16)14-11(17)13-7-4-3-5-8(6-7)20(12,18)19/h3-6,9H,2H2,1H3,(H,15,16)(H2,12,18,19)(H2,13,14,17). The number of aliphatic carboxylic acids is 1. The van der Waals surface area contributed by atoms with Crippen molar-refractivity contribution >= 4 is 27.7 Å². The number of carboxylic acids is 1. The number of nitrogens with one attached hydrogen (secondary N) is 2. The molecule has 0 bridgehead atoms. The number of carboxylic acid groups (broad SMARTS) is 1. The molecule has 0 fully saturated rings. The van der Waals surface area contributed by atoms with Crippen LogP contribution in [-0.2, 0) is 14.8 Å². The lowest BCUT2D eigenvalue weighted by molar-refractivity contribution is -0.139. The summed E-state index contributed by atoms with van der Waals surface area (Å²) in [6, 6.07) is 3.56. The Kier molecular flexibility index (Phi) is 5.06. The molecule has 110 valence electrons. The normalized spacial score (nSPS) is 12.5. The average molecular weight is 301 g/mol.